The van der Waals surface area contributed by atoms with E-state index in [4.69, 9.17) is 0 Å². The molecule has 88 valence electrons. The molecule has 0 aromatic heterocycles. The lowest BCUT2D eigenvalue weighted by Crippen LogP contribution is -2.06. The van der Waals surface area contributed by atoms with Crippen molar-refractivity contribution in [3.8, 4) is 0 Å². The molecule has 0 bridgehead atoms. The highest BCUT2D eigenvalue weighted by atomic mass is 19.1. The Morgan fingerprint density at radius 1 is 1.31 bits per heavy atom. The van der Waals surface area contributed by atoms with E-state index in [2.05, 4.69) is 6.58 Å². The van der Waals surface area contributed by atoms with Crippen molar-refractivity contribution in [2.24, 2.45) is 0 Å². The molecule has 1 atom stereocenters. The van der Waals surface area contributed by atoms with E-state index in [1.807, 2.05) is 6.92 Å². The number of rotatable bonds is 4. The summed E-state index contributed by atoms with van der Waals surface area (Å²) in [6.07, 6.45) is -0.648. The van der Waals surface area contributed by atoms with Crippen LogP contribution in [0.25, 0.3) is 0 Å². The van der Waals surface area contributed by atoms with E-state index >= 15 is 0 Å². The number of aliphatic hydroxyl groups is 1. The first-order valence-corrected chi connectivity index (χ1v) is 4.94. The largest absolute Gasteiger partial charge is 0.388 e. The first-order valence-electron chi connectivity index (χ1n) is 4.94. The van der Waals surface area contributed by atoms with Gasteiger partial charge in [0.1, 0.15) is 17.5 Å². The predicted octanol–water partition coefficient (Wildman–Crippen LogP) is 3.49. The first-order chi connectivity index (χ1) is 7.45. The van der Waals surface area contributed by atoms with Crippen LogP contribution in [-0.4, -0.2) is 5.11 Å². The minimum atomic E-state index is -1.33. The molecular formula is C12H13F3O. The lowest BCUT2D eigenvalue weighted by molar-refractivity contribution is 0.167. The molecule has 0 saturated carbocycles. The average molecular weight is 230 g/mol. The van der Waals surface area contributed by atoms with Gasteiger partial charge in [0, 0.05) is 12.1 Å². The summed E-state index contributed by atoms with van der Waals surface area (Å²) in [5, 5.41) is 9.61. The van der Waals surface area contributed by atoms with Crippen molar-refractivity contribution in [1.29, 1.82) is 0 Å². The summed E-state index contributed by atoms with van der Waals surface area (Å²) < 4.78 is 39.1. The summed E-state index contributed by atoms with van der Waals surface area (Å²) in [5.41, 5.74) is 0.173. The quantitative estimate of drug-likeness (QED) is 0.785. The molecule has 0 fully saturated rings. The lowest BCUT2D eigenvalue weighted by atomic mass is 10.00. The molecule has 1 N–H and O–H groups in total. The van der Waals surface area contributed by atoms with Gasteiger partial charge >= 0.3 is 0 Å². The Morgan fingerprint density at radius 2 is 1.81 bits per heavy atom. The fourth-order valence-corrected chi connectivity index (χ4v) is 1.39. The van der Waals surface area contributed by atoms with E-state index in [1.54, 1.807) is 0 Å². The Bertz CT molecular complexity index is 378. The third-order valence-electron chi connectivity index (χ3n) is 2.36. The van der Waals surface area contributed by atoms with Crippen LogP contribution in [0.4, 0.5) is 13.2 Å². The third kappa shape index (κ3) is 2.85. The maximum absolute atomic E-state index is 13.2. The Morgan fingerprint density at radius 3 is 2.25 bits per heavy atom. The fraction of sp³-hybridized carbons (Fsp3) is 0.333. The lowest BCUT2D eigenvalue weighted by Gasteiger charge is -2.13. The van der Waals surface area contributed by atoms with Gasteiger partial charge in [-0.1, -0.05) is 19.1 Å². The van der Waals surface area contributed by atoms with Gasteiger partial charge in [0.15, 0.2) is 0 Å². The van der Waals surface area contributed by atoms with Crippen LogP contribution >= 0.6 is 0 Å². The van der Waals surface area contributed by atoms with E-state index in [-0.39, 0.29) is 6.42 Å². The van der Waals surface area contributed by atoms with E-state index < -0.39 is 29.1 Å². The summed E-state index contributed by atoms with van der Waals surface area (Å²) in [5.74, 6) is -3.15. The molecule has 0 aliphatic carbocycles. The summed E-state index contributed by atoms with van der Waals surface area (Å²) in [7, 11) is 0. The smallest absolute Gasteiger partial charge is 0.134 e. The molecule has 1 aromatic carbocycles. The SMILES string of the molecule is C=C(CC)CC(O)c1c(F)cc(F)cc1F. The molecular weight excluding hydrogens is 217 g/mol. The summed E-state index contributed by atoms with van der Waals surface area (Å²) >= 11 is 0. The highest BCUT2D eigenvalue weighted by Crippen LogP contribution is 2.27. The van der Waals surface area contributed by atoms with Crippen LogP contribution in [0.2, 0.25) is 0 Å². The van der Waals surface area contributed by atoms with Crippen LogP contribution in [0, 0.1) is 17.5 Å². The second kappa shape index (κ2) is 5.16. The molecule has 0 radical (unpaired) electrons. The van der Waals surface area contributed by atoms with E-state index in [1.165, 1.54) is 0 Å². The molecule has 1 nitrogen and oxygen atoms in total. The predicted molar refractivity (Wildman–Crippen MR) is 55.3 cm³/mol. The molecule has 4 heteroatoms. The summed E-state index contributed by atoms with van der Waals surface area (Å²) in [6.45, 7) is 5.46. The van der Waals surface area contributed by atoms with Gasteiger partial charge in [-0.25, -0.2) is 13.2 Å². The van der Waals surface area contributed by atoms with Crippen molar-refractivity contribution < 1.29 is 18.3 Å². The molecule has 0 saturated heterocycles. The second-order valence-corrected chi connectivity index (χ2v) is 3.61. The van der Waals surface area contributed by atoms with Gasteiger partial charge in [0.25, 0.3) is 0 Å². The molecule has 0 aliphatic heterocycles. The molecule has 0 amide bonds. The van der Waals surface area contributed by atoms with Crippen LogP contribution in [0.15, 0.2) is 24.3 Å². The minimum absolute atomic E-state index is 0.0654. The topological polar surface area (TPSA) is 20.2 Å². The van der Waals surface area contributed by atoms with Gasteiger partial charge in [-0.3, -0.25) is 0 Å². The number of hydrogen-bond donors (Lipinski definition) is 1. The molecule has 0 spiro atoms. The monoisotopic (exact) mass is 230 g/mol. The van der Waals surface area contributed by atoms with Gasteiger partial charge in [0.2, 0.25) is 0 Å². The molecule has 1 rings (SSSR count). The van der Waals surface area contributed by atoms with Crippen molar-refractivity contribution in [3.05, 3.63) is 47.3 Å². The summed E-state index contributed by atoms with van der Waals surface area (Å²) in [6, 6.07) is 1.10. The molecule has 0 heterocycles. The van der Waals surface area contributed by atoms with Crippen LogP contribution in [-0.2, 0) is 0 Å². The van der Waals surface area contributed by atoms with Crippen LogP contribution in [0.5, 0.6) is 0 Å². The fourth-order valence-electron chi connectivity index (χ4n) is 1.39. The first kappa shape index (κ1) is 12.8. The third-order valence-corrected chi connectivity index (χ3v) is 2.36. The zero-order valence-corrected chi connectivity index (χ0v) is 8.93. The zero-order valence-electron chi connectivity index (χ0n) is 8.93. The number of benzene rings is 1. The molecule has 1 aromatic rings. The van der Waals surface area contributed by atoms with Gasteiger partial charge in [-0.2, -0.15) is 0 Å². The highest BCUT2D eigenvalue weighted by molar-refractivity contribution is 5.24. The van der Waals surface area contributed by atoms with Crippen molar-refractivity contribution in [3.63, 3.8) is 0 Å². The van der Waals surface area contributed by atoms with Crippen LogP contribution in [0.3, 0.4) is 0 Å². The zero-order chi connectivity index (χ0) is 12.3. The Kier molecular flexibility index (Phi) is 4.12. The van der Waals surface area contributed by atoms with Gasteiger partial charge in [0.05, 0.1) is 11.7 Å². The van der Waals surface area contributed by atoms with Crippen molar-refractivity contribution in [1.82, 2.24) is 0 Å². The normalized spacial score (nSPS) is 12.6. The van der Waals surface area contributed by atoms with Crippen LogP contribution < -0.4 is 0 Å². The Labute approximate surface area is 92.2 Å². The van der Waals surface area contributed by atoms with Crippen molar-refractivity contribution in [2.45, 2.75) is 25.9 Å². The van der Waals surface area contributed by atoms with E-state index in [0.717, 1.165) is 0 Å². The molecule has 0 aliphatic rings. The second-order valence-electron chi connectivity index (χ2n) is 3.61. The number of hydrogen-bond acceptors (Lipinski definition) is 1. The molecule has 16 heavy (non-hydrogen) atoms. The number of halogens is 3. The highest BCUT2D eigenvalue weighted by Gasteiger charge is 2.19. The minimum Gasteiger partial charge on any atom is -0.388 e. The van der Waals surface area contributed by atoms with Gasteiger partial charge in [-0.05, 0) is 12.8 Å². The van der Waals surface area contributed by atoms with Crippen molar-refractivity contribution in [2.75, 3.05) is 0 Å². The Balaban J connectivity index is 2.99. The standard InChI is InChI=1S/C12H13F3O/c1-3-7(2)4-11(16)12-9(14)5-8(13)6-10(12)15/h5-6,11,16H,2-4H2,1H3. The van der Waals surface area contributed by atoms with Crippen LogP contribution in [0.1, 0.15) is 31.4 Å². The number of aliphatic hydroxyl groups excluding tert-OH is 1. The van der Waals surface area contributed by atoms with Crippen molar-refractivity contribution >= 4 is 0 Å². The van der Waals surface area contributed by atoms with Gasteiger partial charge < -0.3 is 5.11 Å². The van der Waals surface area contributed by atoms with E-state index in [0.29, 0.717) is 24.1 Å². The molecule has 1 unspecified atom stereocenters. The maximum atomic E-state index is 13.2. The van der Waals surface area contributed by atoms with E-state index in [9.17, 15) is 18.3 Å². The summed E-state index contributed by atoms with van der Waals surface area (Å²) in [4.78, 5) is 0. The Hall–Kier alpha value is -1.29. The maximum Gasteiger partial charge on any atom is 0.134 e. The average Bonchev–Trinajstić information content (AvgIpc) is 2.15. The van der Waals surface area contributed by atoms with Gasteiger partial charge in [-0.15, -0.1) is 0 Å².